The Morgan fingerprint density at radius 2 is 1.68 bits per heavy atom. The van der Waals surface area contributed by atoms with E-state index in [0.29, 0.717) is 18.4 Å². The summed E-state index contributed by atoms with van der Waals surface area (Å²) in [6.45, 7) is 1.96. The molecule has 0 saturated carbocycles. The summed E-state index contributed by atoms with van der Waals surface area (Å²) < 4.78 is 20.3. The Morgan fingerprint density at radius 3 is 2.38 bits per heavy atom. The third-order valence-corrected chi connectivity index (χ3v) is 5.91. The zero-order valence-electron chi connectivity index (χ0n) is 19.0. The van der Waals surface area contributed by atoms with Crippen molar-refractivity contribution in [2.45, 2.75) is 39.2 Å². The number of halogens is 2. The molecule has 0 unspecified atom stereocenters. The first kappa shape index (κ1) is 25.5. The van der Waals surface area contributed by atoms with Gasteiger partial charge in [-0.25, -0.2) is 4.39 Å². The fourth-order valence-corrected chi connectivity index (χ4v) is 3.89. The van der Waals surface area contributed by atoms with Gasteiger partial charge in [-0.3, -0.25) is 14.4 Å². The maximum absolute atomic E-state index is 14.4. The molecule has 0 spiro atoms. The van der Waals surface area contributed by atoms with Crippen LogP contribution >= 0.6 is 15.9 Å². The Hall–Kier alpha value is -3.12. The van der Waals surface area contributed by atoms with E-state index in [2.05, 4.69) is 15.9 Å². The number of carbonyl (C=O) groups is 3. The van der Waals surface area contributed by atoms with Crippen LogP contribution < -0.4 is 4.74 Å². The molecule has 4 nitrogen and oxygen atoms in total. The SMILES string of the molecule is Cc1ccc(C(=O)c2ccc(OCc3ccccc3)c(C(=O)CC(=O)CCCCBr)c2)c(F)c1. The van der Waals surface area contributed by atoms with E-state index in [1.54, 1.807) is 13.0 Å². The quantitative estimate of drug-likeness (QED) is 0.115. The summed E-state index contributed by atoms with van der Waals surface area (Å²) in [4.78, 5) is 38.3. The molecular formula is C28H26BrFO4. The number of unbranched alkanes of at least 4 members (excludes halogenated alkanes) is 1. The fourth-order valence-electron chi connectivity index (χ4n) is 3.49. The third-order valence-electron chi connectivity index (χ3n) is 5.35. The number of ether oxygens (including phenoxy) is 1. The van der Waals surface area contributed by atoms with Crippen LogP contribution in [0.15, 0.2) is 66.7 Å². The summed E-state index contributed by atoms with van der Waals surface area (Å²) in [7, 11) is 0. The zero-order valence-corrected chi connectivity index (χ0v) is 20.6. The first-order valence-electron chi connectivity index (χ1n) is 11.1. The second-order valence-corrected chi connectivity index (χ2v) is 8.88. The van der Waals surface area contributed by atoms with Gasteiger partial charge in [0, 0.05) is 17.3 Å². The Labute approximate surface area is 207 Å². The number of hydrogen-bond donors (Lipinski definition) is 0. The highest BCUT2D eigenvalue weighted by molar-refractivity contribution is 9.09. The lowest BCUT2D eigenvalue weighted by Gasteiger charge is -2.13. The van der Waals surface area contributed by atoms with Gasteiger partial charge in [-0.2, -0.15) is 0 Å². The molecule has 0 atom stereocenters. The van der Waals surface area contributed by atoms with Crippen LogP contribution in [0, 0.1) is 12.7 Å². The van der Waals surface area contributed by atoms with Crippen molar-refractivity contribution >= 4 is 33.3 Å². The number of benzene rings is 3. The van der Waals surface area contributed by atoms with E-state index >= 15 is 0 Å². The van der Waals surface area contributed by atoms with Crippen LogP contribution in [0.25, 0.3) is 0 Å². The monoisotopic (exact) mass is 524 g/mol. The average Bonchev–Trinajstić information content (AvgIpc) is 2.83. The number of alkyl halides is 1. The average molecular weight is 525 g/mol. The van der Waals surface area contributed by atoms with Crippen molar-refractivity contribution in [1.82, 2.24) is 0 Å². The van der Waals surface area contributed by atoms with Gasteiger partial charge in [0.05, 0.1) is 17.5 Å². The third kappa shape index (κ3) is 6.94. The van der Waals surface area contributed by atoms with Crippen LogP contribution in [0.5, 0.6) is 5.75 Å². The zero-order chi connectivity index (χ0) is 24.5. The molecule has 0 aromatic heterocycles. The summed E-state index contributed by atoms with van der Waals surface area (Å²) in [5, 5.41) is 0.797. The molecule has 3 aromatic rings. The topological polar surface area (TPSA) is 60.4 Å². The van der Waals surface area contributed by atoms with E-state index in [-0.39, 0.29) is 41.3 Å². The maximum atomic E-state index is 14.4. The molecule has 0 aliphatic rings. The summed E-state index contributed by atoms with van der Waals surface area (Å²) in [6.07, 6.45) is 1.57. The van der Waals surface area contributed by atoms with Gasteiger partial charge in [-0.1, -0.05) is 52.3 Å². The van der Waals surface area contributed by atoms with Crippen LogP contribution in [0.2, 0.25) is 0 Å². The maximum Gasteiger partial charge on any atom is 0.195 e. The van der Waals surface area contributed by atoms with Gasteiger partial charge >= 0.3 is 0 Å². The largest absolute Gasteiger partial charge is 0.488 e. The minimum atomic E-state index is -0.621. The van der Waals surface area contributed by atoms with E-state index in [4.69, 9.17) is 4.74 Å². The highest BCUT2D eigenvalue weighted by Gasteiger charge is 2.21. The van der Waals surface area contributed by atoms with E-state index in [1.807, 2.05) is 30.3 Å². The van der Waals surface area contributed by atoms with Crippen LogP contribution in [0.1, 0.15) is 63.1 Å². The molecule has 0 radical (unpaired) electrons. The Morgan fingerprint density at radius 1 is 0.912 bits per heavy atom. The fraction of sp³-hybridized carbons (Fsp3) is 0.250. The predicted octanol–water partition coefficient (Wildman–Crippen LogP) is 6.65. The Kier molecular flexibility index (Phi) is 9.28. The molecular weight excluding hydrogens is 499 g/mol. The molecule has 6 heteroatoms. The van der Waals surface area contributed by atoms with E-state index in [0.717, 1.165) is 17.3 Å². The van der Waals surface area contributed by atoms with Crippen LogP contribution in [-0.2, 0) is 11.4 Å². The first-order valence-corrected chi connectivity index (χ1v) is 12.2. The number of rotatable bonds is 12. The summed E-state index contributed by atoms with van der Waals surface area (Å²) in [6, 6.07) is 18.3. The van der Waals surface area contributed by atoms with Crippen molar-refractivity contribution in [3.05, 3.63) is 100 Å². The normalized spacial score (nSPS) is 10.7. The molecule has 176 valence electrons. The highest BCUT2D eigenvalue weighted by Crippen LogP contribution is 2.26. The van der Waals surface area contributed by atoms with Gasteiger partial charge in [0.25, 0.3) is 0 Å². The second kappa shape index (κ2) is 12.4. The smallest absolute Gasteiger partial charge is 0.195 e. The van der Waals surface area contributed by atoms with Gasteiger partial charge in [-0.15, -0.1) is 0 Å². The highest BCUT2D eigenvalue weighted by atomic mass is 79.9. The number of carbonyl (C=O) groups excluding carboxylic acids is 3. The van der Waals surface area contributed by atoms with Crippen molar-refractivity contribution < 1.29 is 23.5 Å². The Balaban J connectivity index is 1.88. The standard InChI is InChI=1S/C28H26BrFO4/c1-19-10-12-23(25(30)15-19)28(33)21-11-13-27(34-18-20-7-3-2-4-8-20)24(16-21)26(32)17-22(31)9-5-6-14-29/h2-4,7-8,10-13,15-16H,5-6,9,14,17-18H2,1H3. The number of ketones is 3. The lowest BCUT2D eigenvalue weighted by Crippen LogP contribution is -2.12. The van der Waals surface area contributed by atoms with Crippen LogP contribution in [0.4, 0.5) is 4.39 Å². The van der Waals surface area contributed by atoms with Crippen molar-refractivity contribution in [3.63, 3.8) is 0 Å². The predicted molar refractivity (Wildman–Crippen MR) is 133 cm³/mol. The molecule has 0 fully saturated rings. The Bertz CT molecular complexity index is 1170. The molecule has 0 heterocycles. The van der Waals surface area contributed by atoms with Gasteiger partial charge in [0.2, 0.25) is 0 Å². The molecule has 0 amide bonds. The number of Topliss-reactive ketones (excluding diaryl/α,β-unsaturated/α-hetero) is 2. The van der Waals surface area contributed by atoms with Crippen LogP contribution in [-0.4, -0.2) is 22.7 Å². The van der Waals surface area contributed by atoms with Crippen molar-refractivity contribution in [2.75, 3.05) is 5.33 Å². The van der Waals surface area contributed by atoms with Gasteiger partial charge < -0.3 is 4.74 Å². The van der Waals surface area contributed by atoms with Crippen molar-refractivity contribution in [1.29, 1.82) is 0 Å². The number of hydrogen-bond acceptors (Lipinski definition) is 4. The summed E-state index contributed by atoms with van der Waals surface area (Å²) in [5.41, 5.74) is 1.84. The molecule has 3 aromatic carbocycles. The first-order chi connectivity index (χ1) is 16.4. The molecule has 3 rings (SSSR count). The second-order valence-electron chi connectivity index (χ2n) is 8.08. The van der Waals surface area contributed by atoms with Crippen LogP contribution in [0.3, 0.4) is 0 Å². The van der Waals surface area contributed by atoms with E-state index in [9.17, 15) is 18.8 Å². The van der Waals surface area contributed by atoms with Gasteiger partial charge in [-0.05, 0) is 61.2 Å². The number of aryl methyl sites for hydroxylation is 1. The van der Waals surface area contributed by atoms with Crippen molar-refractivity contribution in [2.24, 2.45) is 0 Å². The minimum absolute atomic E-state index is 0.0761. The summed E-state index contributed by atoms with van der Waals surface area (Å²) in [5.74, 6) is -1.47. The lowest BCUT2D eigenvalue weighted by atomic mass is 9.96. The van der Waals surface area contributed by atoms with E-state index in [1.165, 1.54) is 30.3 Å². The van der Waals surface area contributed by atoms with Gasteiger partial charge in [0.15, 0.2) is 11.6 Å². The van der Waals surface area contributed by atoms with Crippen molar-refractivity contribution in [3.8, 4) is 5.75 Å². The molecule has 0 aliphatic heterocycles. The molecule has 0 aliphatic carbocycles. The molecule has 0 saturated heterocycles. The molecule has 0 bridgehead atoms. The summed E-state index contributed by atoms with van der Waals surface area (Å²) >= 11 is 3.33. The molecule has 34 heavy (non-hydrogen) atoms. The van der Waals surface area contributed by atoms with Gasteiger partial charge in [0.1, 0.15) is 24.0 Å². The lowest BCUT2D eigenvalue weighted by molar-refractivity contribution is -0.118. The molecule has 0 N–H and O–H groups in total. The minimum Gasteiger partial charge on any atom is -0.488 e. The van der Waals surface area contributed by atoms with E-state index < -0.39 is 17.4 Å².